The predicted octanol–water partition coefficient (Wildman–Crippen LogP) is 1.69. The van der Waals surface area contributed by atoms with Crippen LogP contribution in [0.15, 0.2) is 24.3 Å². The molecule has 0 aliphatic carbocycles. The van der Waals surface area contributed by atoms with Gasteiger partial charge in [-0.3, -0.25) is 9.69 Å². The van der Waals surface area contributed by atoms with Crippen molar-refractivity contribution in [3.63, 3.8) is 0 Å². The minimum atomic E-state index is 0.0273. The first-order chi connectivity index (χ1) is 10.7. The Labute approximate surface area is 132 Å². The van der Waals surface area contributed by atoms with Crippen LogP contribution in [0, 0.1) is 11.3 Å². The lowest BCUT2D eigenvalue weighted by Crippen LogP contribution is -2.50. The zero-order valence-electron chi connectivity index (χ0n) is 13.1. The van der Waals surface area contributed by atoms with Crippen LogP contribution < -0.4 is 4.74 Å². The van der Waals surface area contributed by atoms with Gasteiger partial charge in [-0.05, 0) is 24.1 Å². The maximum absolute atomic E-state index is 12.1. The van der Waals surface area contributed by atoms with E-state index in [4.69, 9.17) is 10.00 Å². The molecule has 0 aromatic heterocycles. The minimum absolute atomic E-state index is 0.0273. The van der Waals surface area contributed by atoms with Crippen LogP contribution in [0.25, 0.3) is 0 Å². The Hall–Kier alpha value is -2.06. The van der Waals surface area contributed by atoms with E-state index in [2.05, 4.69) is 17.9 Å². The first-order valence-electron chi connectivity index (χ1n) is 7.81. The van der Waals surface area contributed by atoms with Gasteiger partial charge in [0.15, 0.2) is 6.61 Å². The third kappa shape index (κ3) is 4.74. The van der Waals surface area contributed by atoms with E-state index in [1.165, 1.54) is 5.56 Å². The minimum Gasteiger partial charge on any atom is -0.484 e. The Morgan fingerprint density at radius 3 is 2.50 bits per heavy atom. The van der Waals surface area contributed by atoms with Crippen molar-refractivity contribution < 1.29 is 9.53 Å². The fourth-order valence-electron chi connectivity index (χ4n) is 2.49. The van der Waals surface area contributed by atoms with Crippen LogP contribution in [0.2, 0.25) is 0 Å². The van der Waals surface area contributed by atoms with E-state index in [9.17, 15) is 4.79 Å². The molecule has 0 radical (unpaired) electrons. The molecule has 0 bridgehead atoms. The highest BCUT2D eigenvalue weighted by Crippen LogP contribution is 2.13. The molecular weight excluding hydrogens is 278 g/mol. The monoisotopic (exact) mass is 301 g/mol. The number of carbonyl (C=O) groups excluding carboxylic acids is 1. The van der Waals surface area contributed by atoms with E-state index in [-0.39, 0.29) is 12.5 Å². The molecule has 1 aromatic carbocycles. The van der Waals surface area contributed by atoms with Crippen molar-refractivity contribution in [3.8, 4) is 11.8 Å². The molecule has 5 heteroatoms. The quantitative estimate of drug-likeness (QED) is 0.802. The Bertz CT molecular complexity index is 514. The number of rotatable bonds is 6. The smallest absolute Gasteiger partial charge is 0.260 e. The summed E-state index contributed by atoms with van der Waals surface area (Å²) in [4.78, 5) is 16.2. The second-order valence-corrected chi connectivity index (χ2v) is 5.42. The molecule has 0 atom stereocenters. The number of nitriles is 1. The molecule has 22 heavy (non-hydrogen) atoms. The SMILES string of the molecule is CCc1ccc(OCC(=O)N2CCN(CCC#N)CC2)cc1. The lowest BCUT2D eigenvalue weighted by atomic mass is 10.2. The lowest BCUT2D eigenvalue weighted by molar-refractivity contribution is -0.135. The molecule has 2 rings (SSSR count). The summed E-state index contributed by atoms with van der Waals surface area (Å²) in [7, 11) is 0. The van der Waals surface area contributed by atoms with Crippen LogP contribution in [0.4, 0.5) is 0 Å². The number of ether oxygens (including phenoxy) is 1. The van der Waals surface area contributed by atoms with Crippen molar-refractivity contribution in [1.82, 2.24) is 9.80 Å². The second-order valence-electron chi connectivity index (χ2n) is 5.42. The van der Waals surface area contributed by atoms with Gasteiger partial charge in [0, 0.05) is 39.1 Å². The molecule has 0 spiro atoms. The average Bonchev–Trinajstić information content (AvgIpc) is 2.58. The number of hydrogen-bond donors (Lipinski definition) is 0. The molecule has 1 fully saturated rings. The van der Waals surface area contributed by atoms with Crippen molar-refractivity contribution in [2.24, 2.45) is 0 Å². The molecule has 1 amide bonds. The molecule has 5 nitrogen and oxygen atoms in total. The number of aryl methyl sites for hydroxylation is 1. The number of nitrogens with zero attached hydrogens (tertiary/aromatic N) is 3. The van der Waals surface area contributed by atoms with Crippen LogP contribution in [-0.4, -0.2) is 55.0 Å². The van der Waals surface area contributed by atoms with Gasteiger partial charge in [-0.2, -0.15) is 5.26 Å². The van der Waals surface area contributed by atoms with Gasteiger partial charge in [0.05, 0.1) is 6.07 Å². The molecule has 1 aliphatic heterocycles. The zero-order valence-corrected chi connectivity index (χ0v) is 13.1. The number of carbonyl (C=O) groups is 1. The average molecular weight is 301 g/mol. The Morgan fingerprint density at radius 1 is 1.23 bits per heavy atom. The topological polar surface area (TPSA) is 56.6 Å². The molecular formula is C17H23N3O2. The summed E-state index contributed by atoms with van der Waals surface area (Å²) >= 11 is 0. The lowest BCUT2D eigenvalue weighted by Gasteiger charge is -2.34. The fraction of sp³-hybridized carbons (Fsp3) is 0.529. The van der Waals surface area contributed by atoms with Gasteiger partial charge in [-0.15, -0.1) is 0 Å². The number of benzene rings is 1. The summed E-state index contributed by atoms with van der Waals surface area (Å²) in [5, 5.41) is 8.59. The standard InChI is InChI=1S/C17H23N3O2/c1-2-15-4-6-16(7-5-15)22-14-17(21)20-12-10-19(11-13-20)9-3-8-18/h4-7H,2-3,9-14H2,1H3. The fourth-order valence-corrected chi connectivity index (χ4v) is 2.49. The van der Waals surface area contributed by atoms with Gasteiger partial charge < -0.3 is 9.64 Å². The molecule has 0 saturated carbocycles. The molecule has 0 unspecified atom stereocenters. The normalized spacial score (nSPS) is 15.4. The van der Waals surface area contributed by atoms with Crippen LogP contribution in [-0.2, 0) is 11.2 Å². The number of amides is 1. The van der Waals surface area contributed by atoms with Crippen LogP contribution in [0.1, 0.15) is 18.9 Å². The van der Waals surface area contributed by atoms with Gasteiger partial charge in [-0.1, -0.05) is 19.1 Å². The van der Waals surface area contributed by atoms with Gasteiger partial charge in [0.2, 0.25) is 0 Å². The highest BCUT2D eigenvalue weighted by Gasteiger charge is 2.20. The Kier molecular flexibility index (Phi) is 6.23. The van der Waals surface area contributed by atoms with Crippen molar-refractivity contribution in [2.45, 2.75) is 19.8 Å². The molecule has 118 valence electrons. The Morgan fingerprint density at radius 2 is 1.91 bits per heavy atom. The largest absolute Gasteiger partial charge is 0.484 e. The van der Waals surface area contributed by atoms with E-state index in [1.54, 1.807) is 0 Å². The van der Waals surface area contributed by atoms with Crippen LogP contribution in [0.3, 0.4) is 0 Å². The zero-order chi connectivity index (χ0) is 15.8. The van der Waals surface area contributed by atoms with Crippen molar-refractivity contribution in [3.05, 3.63) is 29.8 Å². The van der Waals surface area contributed by atoms with E-state index in [1.807, 2.05) is 29.2 Å². The first kappa shape index (κ1) is 16.3. The summed E-state index contributed by atoms with van der Waals surface area (Å²) in [5.41, 5.74) is 1.26. The maximum atomic E-state index is 12.1. The maximum Gasteiger partial charge on any atom is 0.260 e. The third-order valence-electron chi connectivity index (χ3n) is 3.96. The number of piperazine rings is 1. The molecule has 0 N–H and O–H groups in total. The summed E-state index contributed by atoms with van der Waals surface area (Å²) in [6.07, 6.45) is 1.54. The summed E-state index contributed by atoms with van der Waals surface area (Å²) in [5.74, 6) is 0.762. The molecule has 1 aromatic rings. The highest BCUT2D eigenvalue weighted by atomic mass is 16.5. The number of hydrogen-bond acceptors (Lipinski definition) is 4. The van der Waals surface area contributed by atoms with Crippen molar-refractivity contribution >= 4 is 5.91 Å². The predicted molar refractivity (Wildman–Crippen MR) is 84.6 cm³/mol. The van der Waals surface area contributed by atoms with Crippen molar-refractivity contribution in [1.29, 1.82) is 5.26 Å². The van der Waals surface area contributed by atoms with Gasteiger partial charge >= 0.3 is 0 Å². The molecule has 1 saturated heterocycles. The Balaban J connectivity index is 1.72. The van der Waals surface area contributed by atoms with E-state index in [0.29, 0.717) is 19.5 Å². The van der Waals surface area contributed by atoms with Gasteiger partial charge in [-0.25, -0.2) is 0 Å². The van der Waals surface area contributed by atoms with Crippen molar-refractivity contribution in [2.75, 3.05) is 39.3 Å². The summed E-state index contributed by atoms with van der Waals surface area (Å²) < 4.78 is 5.56. The van der Waals surface area contributed by atoms with Gasteiger partial charge in [0.1, 0.15) is 5.75 Å². The second kappa shape index (κ2) is 8.40. The highest BCUT2D eigenvalue weighted by molar-refractivity contribution is 5.77. The van der Waals surface area contributed by atoms with E-state index >= 15 is 0 Å². The van der Waals surface area contributed by atoms with Gasteiger partial charge in [0.25, 0.3) is 5.91 Å². The first-order valence-corrected chi connectivity index (χ1v) is 7.81. The molecule has 1 aliphatic rings. The molecule has 1 heterocycles. The van der Waals surface area contributed by atoms with E-state index in [0.717, 1.165) is 31.8 Å². The summed E-state index contributed by atoms with van der Waals surface area (Å²) in [6.45, 7) is 6.07. The van der Waals surface area contributed by atoms with Crippen LogP contribution in [0.5, 0.6) is 5.75 Å². The van der Waals surface area contributed by atoms with E-state index < -0.39 is 0 Å². The van der Waals surface area contributed by atoms with Crippen LogP contribution >= 0.6 is 0 Å². The third-order valence-corrected chi connectivity index (χ3v) is 3.96. The summed E-state index contributed by atoms with van der Waals surface area (Å²) in [6, 6.07) is 10.0.